The summed E-state index contributed by atoms with van der Waals surface area (Å²) in [5.41, 5.74) is 0. The molecule has 68 valence electrons. The summed E-state index contributed by atoms with van der Waals surface area (Å²) in [7, 11) is 0. The van der Waals surface area contributed by atoms with Crippen LogP contribution in [-0.4, -0.2) is 25.0 Å². The molecule has 0 bridgehead atoms. The summed E-state index contributed by atoms with van der Waals surface area (Å²) in [5, 5.41) is 2.67. The predicted molar refractivity (Wildman–Crippen MR) is 42.4 cm³/mol. The smallest absolute Gasteiger partial charge is 0.306 e. The van der Waals surface area contributed by atoms with E-state index in [-0.39, 0.29) is 17.8 Å². The van der Waals surface area contributed by atoms with Crippen molar-refractivity contribution in [3.05, 3.63) is 0 Å². The third-order valence-electron chi connectivity index (χ3n) is 1.82. The summed E-state index contributed by atoms with van der Waals surface area (Å²) < 4.78 is 4.76. The quantitative estimate of drug-likeness (QED) is 0.611. The zero-order valence-electron chi connectivity index (χ0n) is 7.13. The van der Waals surface area contributed by atoms with Gasteiger partial charge in [-0.05, 0) is 12.8 Å². The highest BCUT2D eigenvalue weighted by atomic mass is 16.5. The van der Waals surface area contributed by atoms with Crippen molar-refractivity contribution in [1.29, 1.82) is 0 Å². The Kier molecular flexibility index (Phi) is 3.08. The van der Waals surface area contributed by atoms with Gasteiger partial charge >= 0.3 is 5.97 Å². The molecule has 0 saturated carbocycles. The molecule has 4 heteroatoms. The molecule has 1 amide bonds. The number of rotatable bonds is 3. The molecule has 0 aromatic carbocycles. The molecule has 1 fully saturated rings. The van der Waals surface area contributed by atoms with Crippen molar-refractivity contribution in [2.75, 3.05) is 13.2 Å². The maximum Gasteiger partial charge on any atom is 0.306 e. The molecule has 0 spiro atoms. The lowest BCUT2D eigenvalue weighted by Gasteiger charge is -2.05. The van der Waals surface area contributed by atoms with Crippen molar-refractivity contribution in [2.45, 2.75) is 19.8 Å². The SMILES string of the molecule is CCOC(=O)C[C@@H]1CNC(=O)C1. The second kappa shape index (κ2) is 4.09. The second-order valence-corrected chi connectivity index (χ2v) is 2.88. The molecule has 1 rings (SSSR count). The van der Waals surface area contributed by atoms with Gasteiger partial charge in [0.1, 0.15) is 0 Å². The highest BCUT2D eigenvalue weighted by Gasteiger charge is 2.23. The van der Waals surface area contributed by atoms with E-state index in [4.69, 9.17) is 4.74 Å². The lowest BCUT2D eigenvalue weighted by molar-refractivity contribution is -0.144. The number of hydrogen-bond donors (Lipinski definition) is 1. The highest BCUT2D eigenvalue weighted by molar-refractivity contribution is 5.79. The first kappa shape index (κ1) is 9.03. The Hall–Kier alpha value is -1.06. The number of nitrogens with one attached hydrogen (secondary N) is 1. The van der Waals surface area contributed by atoms with Crippen LogP contribution in [0.5, 0.6) is 0 Å². The summed E-state index contributed by atoms with van der Waals surface area (Å²) in [5.74, 6) is -0.0418. The van der Waals surface area contributed by atoms with Crippen molar-refractivity contribution in [2.24, 2.45) is 5.92 Å². The minimum absolute atomic E-state index is 0.0318. The molecule has 0 aliphatic carbocycles. The van der Waals surface area contributed by atoms with Crippen LogP contribution in [-0.2, 0) is 14.3 Å². The van der Waals surface area contributed by atoms with Gasteiger partial charge < -0.3 is 10.1 Å². The molecule has 1 atom stereocenters. The third-order valence-corrected chi connectivity index (χ3v) is 1.82. The van der Waals surface area contributed by atoms with Crippen molar-refractivity contribution in [1.82, 2.24) is 5.32 Å². The van der Waals surface area contributed by atoms with Gasteiger partial charge in [-0.25, -0.2) is 0 Å². The molecule has 1 aliphatic rings. The Bertz CT molecular complexity index is 191. The van der Waals surface area contributed by atoms with E-state index in [1.54, 1.807) is 6.92 Å². The van der Waals surface area contributed by atoms with Gasteiger partial charge in [-0.2, -0.15) is 0 Å². The van der Waals surface area contributed by atoms with E-state index in [1.165, 1.54) is 0 Å². The van der Waals surface area contributed by atoms with Gasteiger partial charge in [0.05, 0.1) is 13.0 Å². The number of esters is 1. The fraction of sp³-hybridized carbons (Fsp3) is 0.750. The first-order chi connectivity index (χ1) is 5.72. The van der Waals surface area contributed by atoms with Crippen LogP contribution in [0.2, 0.25) is 0 Å². The van der Waals surface area contributed by atoms with Crippen molar-refractivity contribution >= 4 is 11.9 Å². The van der Waals surface area contributed by atoms with E-state index < -0.39 is 0 Å². The van der Waals surface area contributed by atoms with E-state index >= 15 is 0 Å². The lowest BCUT2D eigenvalue weighted by Crippen LogP contribution is -2.15. The third kappa shape index (κ3) is 2.53. The van der Waals surface area contributed by atoms with Gasteiger partial charge in [0.15, 0.2) is 0 Å². The summed E-state index contributed by atoms with van der Waals surface area (Å²) in [6.45, 7) is 2.79. The largest absolute Gasteiger partial charge is 0.466 e. The average molecular weight is 171 g/mol. The molecule has 1 aliphatic heterocycles. The Labute approximate surface area is 71.3 Å². The molecule has 12 heavy (non-hydrogen) atoms. The van der Waals surface area contributed by atoms with Crippen molar-refractivity contribution in [3.8, 4) is 0 Å². The van der Waals surface area contributed by atoms with E-state index in [2.05, 4.69) is 5.32 Å². The molecular formula is C8H13NO3. The maximum atomic E-state index is 10.9. The number of amides is 1. The fourth-order valence-electron chi connectivity index (χ4n) is 1.26. The highest BCUT2D eigenvalue weighted by Crippen LogP contribution is 2.13. The topological polar surface area (TPSA) is 55.4 Å². The van der Waals surface area contributed by atoms with Crippen LogP contribution in [0.4, 0.5) is 0 Å². The van der Waals surface area contributed by atoms with Crippen LogP contribution in [0, 0.1) is 5.92 Å². The van der Waals surface area contributed by atoms with Crippen molar-refractivity contribution in [3.63, 3.8) is 0 Å². The number of ether oxygens (including phenoxy) is 1. The Morgan fingerprint density at radius 1 is 1.75 bits per heavy atom. The van der Waals surface area contributed by atoms with Gasteiger partial charge in [0.2, 0.25) is 5.91 Å². The van der Waals surface area contributed by atoms with Crippen LogP contribution in [0.3, 0.4) is 0 Å². The lowest BCUT2D eigenvalue weighted by atomic mass is 10.1. The molecule has 0 aromatic rings. The summed E-state index contributed by atoms with van der Waals surface area (Å²) in [6.07, 6.45) is 0.811. The molecule has 1 N–H and O–H groups in total. The number of carbonyl (C=O) groups is 2. The predicted octanol–water partition coefficient (Wildman–Crippen LogP) is 0.0757. The normalized spacial score (nSPS) is 22.1. The van der Waals surface area contributed by atoms with E-state index in [0.717, 1.165) is 0 Å². The zero-order chi connectivity index (χ0) is 8.97. The minimum Gasteiger partial charge on any atom is -0.466 e. The molecule has 1 saturated heterocycles. The van der Waals surface area contributed by atoms with E-state index in [9.17, 15) is 9.59 Å². The molecule has 0 radical (unpaired) electrons. The number of carbonyl (C=O) groups excluding carboxylic acids is 2. The average Bonchev–Trinajstić information content (AvgIpc) is 2.36. The van der Waals surface area contributed by atoms with Crippen LogP contribution < -0.4 is 5.32 Å². The Balaban J connectivity index is 2.23. The Morgan fingerprint density at radius 2 is 2.50 bits per heavy atom. The summed E-state index contributed by atoms with van der Waals surface area (Å²) in [6, 6.07) is 0. The molecule has 1 heterocycles. The standard InChI is InChI=1S/C8H13NO3/c1-2-12-8(11)4-6-3-7(10)9-5-6/h6H,2-5H2,1H3,(H,9,10)/t6-/m1/s1. The van der Waals surface area contributed by atoms with Crippen LogP contribution in [0.15, 0.2) is 0 Å². The van der Waals surface area contributed by atoms with Crippen LogP contribution in [0.1, 0.15) is 19.8 Å². The van der Waals surface area contributed by atoms with Gasteiger partial charge in [-0.3, -0.25) is 9.59 Å². The summed E-state index contributed by atoms with van der Waals surface area (Å²) in [4.78, 5) is 21.7. The maximum absolute atomic E-state index is 10.9. The van der Waals surface area contributed by atoms with Crippen LogP contribution >= 0.6 is 0 Å². The van der Waals surface area contributed by atoms with Crippen LogP contribution in [0.25, 0.3) is 0 Å². The minimum atomic E-state index is -0.209. The zero-order valence-corrected chi connectivity index (χ0v) is 7.13. The fourth-order valence-corrected chi connectivity index (χ4v) is 1.26. The van der Waals surface area contributed by atoms with Gasteiger partial charge in [-0.15, -0.1) is 0 Å². The van der Waals surface area contributed by atoms with Gasteiger partial charge in [-0.1, -0.05) is 0 Å². The van der Waals surface area contributed by atoms with E-state index in [1.807, 2.05) is 0 Å². The summed E-state index contributed by atoms with van der Waals surface area (Å²) >= 11 is 0. The Morgan fingerprint density at radius 3 is 3.00 bits per heavy atom. The van der Waals surface area contributed by atoms with Crippen molar-refractivity contribution < 1.29 is 14.3 Å². The first-order valence-corrected chi connectivity index (χ1v) is 4.14. The monoisotopic (exact) mass is 171 g/mol. The molecule has 0 aromatic heterocycles. The number of hydrogen-bond acceptors (Lipinski definition) is 3. The van der Waals surface area contributed by atoms with E-state index in [0.29, 0.717) is 26.0 Å². The second-order valence-electron chi connectivity index (χ2n) is 2.88. The molecule has 0 unspecified atom stereocenters. The molecule has 4 nitrogen and oxygen atoms in total. The molecular weight excluding hydrogens is 158 g/mol. The van der Waals surface area contributed by atoms with Gasteiger partial charge in [0, 0.05) is 13.0 Å². The van der Waals surface area contributed by atoms with Gasteiger partial charge in [0.25, 0.3) is 0 Å². The first-order valence-electron chi connectivity index (χ1n) is 4.14.